The highest BCUT2D eigenvalue weighted by molar-refractivity contribution is 4.53. The van der Waals surface area contributed by atoms with Crippen LogP contribution in [0.5, 0.6) is 0 Å². The van der Waals surface area contributed by atoms with E-state index in [2.05, 4.69) is 9.47 Å². The van der Waals surface area contributed by atoms with Crippen molar-refractivity contribution in [2.75, 3.05) is 13.9 Å². The maximum absolute atomic E-state index is 12.7. The van der Waals surface area contributed by atoms with Crippen molar-refractivity contribution in [2.24, 2.45) is 0 Å². The highest BCUT2D eigenvalue weighted by atomic mass is 19.2. The zero-order valence-corrected chi connectivity index (χ0v) is 6.11. The van der Waals surface area contributed by atoms with Crippen molar-refractivity contribution < 1.29 is 13.9 Å². The molecule has 0 spiro atoms. The summed E-state index contributed by atoms with van der Waals surface area (Å²) in [5.74, 6) is -1.53. The van der Waals surface area contributed by atoms with Gasteiger partial charge in [0.05, 0.1) is 0 Å². The van der Waals surface area contributed by atoms with Crippen LogP contribution < -0.4 is 0 Å². The molecule has 0 aromatic rings. The van der Waals surface area contributed by atoms with Gasteiger partial charge in [0, 0.05) is 13.5 Å². The van der Waals surface area contributed by atoms with E-state index in [9.17, 15) is 4.39 Å². The van der Waals surface area contributed by atoms with Gasteiger partial charge in [-0.2, -0.15) is 0 Å². The Kier molecular flexibility index (Phi) is 3.73. The highest BCUT2D eigenvalue weighted by Crippen LogP contribution is 2.15. The summed E-state index contributed by atoms with van der Waals surface area (Å²) in [5.41, 5.74) is 0. The van der Waals surface area contributed by atoms with Crippen LogP contribution in [0, 0.1) is 0 Å². The van der Waals surface area contributed by atoms with Crippen LogP contribution in [0.2, 0.25) is 0 Å². The molecule has 1 atom stereocenters. The van der Waals surface area contributed by atoms with E-state index in [4.69, 9.17) is 0 Å². The third-order valence-corrected chi connectivity index (χ3v) is 1.11. The van der Waals surface area contributed by atoms with Gasteiger partial charge < -0.3 is 9.47 Å². The summed E-state index contributed by atoms with van der Waals surface area (Å²) in [5, 5.41) is 0. The molecule has 0 rings (SSSR count). The molecule has 3 heteroatoms. The lowest BCUT2D eigenvalue weighted by Gasteiger charge is -2.17. The summed E-state index contributed by atoms with van der Waals surface area (Å²) in [4.78, 5) is 0. The quantitative estimate of drug-likeness (QED) is 0.548. The molecular weight excluding hydrogens is 123 g/mol. The molecule has 0 aromatic carbocycles. The van der Waals surface area contributed by atoms with Gasteiger partial charge >= 0.3 is 0 Å². The molecule has 0 fully saturated rings. The third kappa shape index (κ3) is 4.36. The van der Waals surface area contributed by atoms with Gasteiger partial charge in [-0.05, 0) is 6.92 Å². The lowest BCUT2D eigenvalue weighted by Crippen LogP contribution is -2.22. The number of methoxy groups -OCH3 is 1. The molecule has 56 valence electrons. The van der Waals surface area contributed by atoms with Crippen LogP contribution in [-0.2, 0) is 9.47 Å². The van der Waals surface area contributed by atoms with Crippen LogP contribution in [0.25, 0.3) is 0 Å². The Morgan fingerprint density at radius 2 is 2.11 bits per heavy atom. The number of halogens is 1. The third-order valence-electron chi connectivity index (χ3n) is 1.11. The minimum absolute atomic E-state index is 0.0147. The van der Waals surface area contributed by atoms with Crippen LogP contribution in [0.4, 0.5) is 4.39 Å². The Labute approximate surface area is 55.0 Å². The van der Waals surface area contributed by atoms with Crippen LogP contribution >= 0.6 is 0 Å². The average molecular weight is 136 g/mol. The average Bonchev–Trinajstić information content (AvgIpc) is 1.84. The summed E-state index contributed by atoms with van der Waals surface area (Å²) in [7, 11) is 1.46. The second-order valence-corrected chi connectivity index (χ2v) is 2.01. The maximum Gasteiger partial charge on any atom is 0.208 e. The van der Waals surface area contributed by atoms with Gasteiger partial charge in [-0.15, -0.1) is 0 Å². The minimum Gasteiger partial charge on any atom is -0.359 e. The first kappa shape index (κ1) is 8.85. The molecule has 0 heterocycles. The van der Waals surface area contributed by atoms with Gasteiger partial charge in [0.25, 0.3) is 0 Å². The number of ether oxygens (including phenoxy) is 2. The smallest absolute Gasteiger partial charge is 0.208 e. The number of hydrogen-bond acceptors (Lipinski definition) is 2. The van der Waals surface area contributed by atoms with Gasteiger partial charge in [-0.25, -0.2) is 4.39 Å². The van der Waals surface area contributed by atoms with E-state index in [1.807, 2.05) is 0 Å². The molecule has 0 aliphatic heterocycles. The predicted octanol–water partition coefficient (Wildman–Crippen LogP) is 1.70. The summed E-state index contributed by atoms with van der Waals surface area (Å²) < 4.78 is 21.9. The van der Waals surface area contributed by atoms with E-state index < -0.39 is 5.85 Å². The molecule has 0 N–H and O–H groups in total. The van der Waals surface area contributed by atoms with E-state index >= 15 is 0 Å². The SMILES string of the molecule is CCC(C)(F)OCOC. The molecule has 0 bridgehead atoms. The molecule has 0 amide bonds. The summed E-state index contributed by atoms with van der Waals surface area (Å²) in [6.07, 6.45) is 0.344. The molecule has 0 aliphatic rings. The second kappa shape index (κ2) is 3.80. The zero-order chi connectivity index (χ0) is 7.33. The Morgan fingerprint density at radius 3 is 2.44 bits per heavy atom. The van der Waals surface area contributed by atoms with Crippen molar-refractivity contribution in [1.29, 1.82) is 0 Å². The summed E-state index contributed by atoms with van der Waals surface area (Å²) in [6, 6.07) is 0. The van der Waals surface area contributed by atoms with Gasteiger partial charge in [-0.3, -0.25) is 0 Å². The molecule has 1 unspecified atom stereocenters. The van der Waals surface area contributed by atoms with Crippen molar-refractivity contribution in [1.82, 2.24) is 0 Å². The molecule has 0 radical (unpaired) electrons. The molecular formula is C6H13FO2. The second-order valence-electron chi connectivity index (χ2n) is 2.01. The van der Waals surface area contributed by atoms with E-state index in [0.717, 1.165) is 0 Å². The Morgan fingerprint density at radius 1 is 1.56 bits per heavy atom. The van der Waals surface area contributed by atoms with E-state index in [-0.39, 0.29) is 6.79 Å². The summed E-state index contributed by atoms with van der Waals surface area (Å²) in [6.45, 7) is 3.11. The first-order valence-corrected chi connectivity index (χ1v) is 2.94. The van der Waals surface area contributed by atoms with Gasteiger partial charge in [0.2, 0.25) is 5.85 Å². The normalized spacial score (nSPS) is 17.3. The lowest BCUT2D eigenvalue weighted by atomic mass is 10.3. The predicted molar refractivity (Wildman–Crippen MR) is 32.8 cm³/mol. The molecule has 2 nitrogen and oxygen atoms in total. The first-order chi connectivity index (χ1) is 4.12. The van der Waals surface area contributed by atoms with Gasteiger partial charge in [-0.1, -0.05) is 6.92 Å². The fourth-order valence-corrected chi connectivity index (χ4v) is 0.284. The number of alkyl halides is 1. The standard InChI is InChI=1S/C6H13FO2/c1-4-6(2,7)9-5-8-3/h4-5H2,1-3H3. The largest absolute Gasteiger partial charge is 0.359 e. The fourth-order valence-electron chi connectivity index (χ4n) is 0.284. The molecule has 0 saturated heterocycles. The lowest BCUT2D eigenvalue weighted by molar-refractivity contribution is -0.189. The van der Waals surface area contributed by atoms with Crippen LogP contribution in [-0.4, -0.2) is 19.8 Å². The Hall–Kier alpha value is -0.150. The van der Waals surface area contributed by atoms with Crippen LogP contribution in [0.15, 0.2) is 0 Å². The zero-order valence-electron chi connectivity index (χ0n) is 6.11. The molecule has 9 heavy (non-hydrogen) atoms. The fraction of sp³-hybridized carbons (Fsp3) is 1.00. The molecule has 0 aromatic heterocycles. The monoisotopic (exact) mass is 136 g/mol. The van der Waals surface area contributed by atoms with Gasteiger partial charge in [0.1, 0.15) is 6.79 Å². The molecule has 0 aliphatic carbocycles. The van der Waals surface area contributed by atoms with E-state index in [1.54, 1.807) is 6.92 Å². The van der Waals surface area contributed by atoms with Gasteiger partial charge in [0.15, 0.2) is 0 Å². The van der Waals surface area contributed by atoms with Crippen molar-refractivity contribution in [2.45, 2.75) is 26.1 Å². The van der Waals surface area contributed by atoms with Crippen molar-refractivity contribution in [3.8, 4) is 0 Å². The summed E-state index contributed by atoms with van der Waals surface area (Å²) >= 11 is 0. The van der Waals surface area contributed by atoms with Crippen molar-refractivity contribution >= 4 is 0 Å². The topological polar surface area (TPSA) is 18.5 Å². The molecule has 0 saturated carbocycles. The number of rotatable bonds is 4. The Bertz CT molecular complexity index is 73.5. The first-order valence-electron chi connectivity index (χ1n) is 2.94. The van der Waals surface area contributed by atoms with Crippen molar-refractivity contribution in [3.05, 3.63) is 0 Å². The van der Waals surface area contributed by atoms with Crippen molar-refractivity contribution in [3.63, 3.8) is 0 Å². The van der Waals surface area contributed by atoms with Crippen LogP contribution in [0.1, 0.15) is 20.3 Å². The van der Waals surface area contributed by atoms with Crippen LogP contribution in [0.3, 0.4) is 0 Å². The van der Waals surface area contributed by atoms with E-state index in [0.29, 0.717) is 6.42 Å². The number of hydrogen-bond donors (Lipinski definition) is 0. The highest BCUT2D eigenvalue weighted by Gasteiger charge is 2.19. The maximum atomic E-state index is 12.7. The minimum atomic E-state index is -1.53. The Balaban J connectivity index is 3.33. The van der Waals surface area contributed by atoms with E-state index in [1.165, 1.54) is 14.0 Å².